The minimum atomic E-state index is -0.172. The first-order valence-electron chi connectivity index (χ1n) is 7.92. The lowest BCUT2D eigenvalue weighted by Crippen LogP contribution is -2.30. The van der Waals surface area contributed by atoms with Crippen LogP contribution >= 0.6 is 11.6 Å². The number of phenolic OH excluding ortho intramolecular Hbond substituents is 2. The summed E-state index contributed by atoms with van der Waals surface area (Å²) < 4.78 is 5.49. The number of phenols is 2. The molecule has 0 saturated heterocycles. The molecule has 6 nitrogen and oxygen atoms in total. The van der Waals surface area contributed by atoms with Crippen LogP contribution in [0.15, 0.2) is 41.2 Å². The number of halogens is 1. The normalized spacial score (nSPS) is 14.4. The number of aromatic hydroxyl groups is 2. The lowest BCUT2D eigenvalue weighted by molar-refractivity contribution is 0.244. The zero-order chi connectivity index (χ0) is 17.4. The summed E-state index contributed by atoms with van der Waals surface area (Å²) in [4.78, 5) is 6.43. The van der Waals surface area contributed by atoms with Crippen LogP contribution < -0.4 is 0 Å². The van der Waals surface area contributed by atoms with E-state index in [1.54, 1.807) is 6.20 Å². The second-order valence-electron chi connectivity index (χ2n) is 6.08. The zero-order valence-electron chi connectivity index (χ0n) is 13.3. The van der Waals surface area contributed by atoms with Gasteiger partial charge in [0, 0.05) is 50.1 Å². The van der Waals surface area contributed by atoms with Gasteiger partial charge in [-0.2, -0.15) is 0 Å². The minimum absolute atomic E-state index is 0.0924. The molecule has 0 unspecified atom stereocenters. The van der Waals surface area contributed by atoms with Crippen molar-refractivity contribution >= 4 is 11.6 Å². The highest BCUT2D eigenvalue weighted by molar-refractivity contribution is 6.32. The van der Waals surface area contributed by atoms with Gasteiger partial charge in [0.15, 0.2) is 5.76 Å². The van der Waals surface area contributed by atoms with Gasteiger partial charge in [-0.3, -0.25) is 9.88 Å². The van der Waals surface area contributed by atoms with Crippen molar-refractivity contribution in [2.75, 3.05) is 6.54 Å². The van der Waals surface area contributed by atoms with Crippen molar-refractivity contribution in [1.82, 2.24) is 15.0 Å². The van der Waals surface area contributed by atoms with E-state index < -0.39 is 0 Å². The number of hydrogen-bond acceptors (Lipinski definition) is 6. The Bertz CT molecular complexity index is 911. The molecular formula is C18H16ClN3O3. The van der Waals surface area contributed by atoms with E-state index in [0.717, 1.165) is 36.3 Å². The van der Waals surface area contributed by atoms with Gasteiger partial charge in [0.25, 0.3) is 0 Å². The van der Waals surface area contributed by atoms with Crippen molar-refractivity contribution in [3.05, 3.63) is 58.5 Å². The fourth-order valence-corrected chi connectivity index (χ4v) is 3.26. The largest absolute Gasteiger partial charge is 0.507 e. The summed E-state index contributed by atoms with van der Waals surface area (Å²) >= 11 is 5.98. The Balaban J connectivity index is 1.65. The van der Waals surface area contributed by atoms with Crippen molar-refractivity contribution in [1.29, 1.82) is 0 Å². The number of aromatic nitrogens is 2. The summed E-state index contributed by atoms with van der Waals surface area (Å²) in [5.74, 6) is 0.227. The molecule has 0 amide bonds. The van der Waals surface area contributed by atoms with E-state index in [0.29, 0.717) is 17.9 Å². The molecule has 1 aliphatic heterocycles. The maximum atomic E-state index is 10.2. The molecule has 128 valence electrons. The van der Waals surface area contributed by atoms with Crippen LogP contribution in [0.5, 0.6) is 11.5 Å². The average Bonchev–Trinajstić information content (AvgIpc) is 3.02. The molecule has 2 N–H and O–H groups in total. The lowest BCUT2D eigenvalue weighted by atomic mass is 10.0. The van der Waals surface area contributed by atoms with E-state index in [-0.39, 0.29) is 16.5 Å². The standard InChI is InChI=1S/C18H16ClN3O3/c19-14-6-12(16(23)7-17(14)24)18-13-10-22(5-3-15(13)21-25-18)9-11-2-1-4-20-8-11/h1-2,4,6-8,23-24H,3,5,9-10H2. The molecule has 0 saturated carbocycles. The van der Waals surface area contributed by atoms with E-state index in [4.69, 9.17) is 16.1 Å². The van der Waals surface area contributed by atoms with Crippen LogP contribution in [0.1, 0.15) is 16.8 Å². The van der Waals surface area contributed by atoms with Crippen molar-refractivity contribution in [2.24, 2.45) is 0 Å². The highest BCUT2D eigenvalue weighted by Crippen LogP contribution is 2.40. The molecule has 3 heterocycles. The molecule has 25 heavy (non-hydrogen) atoms. The Hall–Kier alpha value is -2.57. The van der Waals surface area contributed by atoms with Gasteiger partial charge in [-0.15, -0.1) is 0 Å². The molecule has 2 aromatic heterocycles. The van der Waals surface area contributed by atoms with Gasteiger partial charge in [0.05, 0.1) is 16.3 Å². The van der Waals surface area contributed by atoms with Crippen LogP contribution in [0, 0.1) is 0 Å². The number of hydrogen-bond donors (Lipinski definition) is 2. The van der Waals surface area contributed by atoms with Crippen LogP contribution in [0.2, 0.25) is 5.02 Å². The Labute approximate surface area is 149 Å². The summed E-state index contributed by atoms with van der Waals surface area (Å²) in [6.45, 7) is 2.30. The van der Waals surface area contributed by atoms with Crippen LogP contribution in [0.4, 0.5) is 0 Å². The molecule has 0 aliphatic carbocycles. The molecule has 1 aromatic carbocycles. The first-order chi connectivity index (χ1) is 12.1. The number of benzene rings is 1. The van der Waals surface area contributed by atoms with E-state index in [9.17, 15) is 10.2 Å². The molecule has 0 fully saturated rings. The third-order valence-electron chi connectivity index (χ3n) is 4.35. The van der Waals surface area contributed by atoms with E-state index in [1.165, 1.54) is 12.1 Å². The van der Waals surface area contributed by atoms with Crippen molar-refractivity contribution in [3.63, 3.8) is 0 Å². The predicted molar refractivity (Wildman–Crippen MR) is 92.3 cm³/mol. The van der Waals surface area contributed by atoms with Gasteiger partial charge in [-0.1, -0.05) is 22.8 Å². The molecule has 4 rings (SSSR count). The van der Waals surface area contributed by atoms with Gasteiger partial charge in [-0.05, 0) is 17.7 Å². The SMILES string of the molecule is Oc1cc(O)c(-c2onc3c2CN(Cc2cccnc2)CC3)cc1Cl. The number of pyridine rings is 1. The predicted octanol–water partition coefficient (Wildman–Crippen LogP) is 3.36. The molecule has 0 radical (unpaired) electrons. The Kier molecular flexibility index (Phi) is 4.07. The van der Waals surface area contributed by atoms with Crippen LogP contribution in [-0.4, -0.2) is 31.8 Å². The average molecular weight is 358 g/mol. The molecular weight excluding hydrogens is 342 g/mol. The molecule has 3 aromatic rings. The summed E-state index contributed by atoms with van der Waals surface area (Å²) in [5.41, 5.74) is 3.40. The highest BCUT2D eigenvalue weighted by Gasteiger charge is 2.26. The summed E-state index contributed by atoms with van der Waals surface area (Å²) in [7, 11) is 0. The van der Waals surface area contributed by atoms with Gasteiger partial charge in [-0.25, -0.2) is 0 Å². The maximum Gasteiger partial charge on any atom is 0.175 e. The maximum absolute atomic E-state index is 10.2. The Morgan fingerprint density at radius 2 is 2.12 bits per heavy atom. The third-order valence-corrected chi connectivity index (χ3v) is 4.66. The van der Waals surface area contributed by atoms with E-state index in [2.05, 4.69) is 15.0 Å². The summed E-state index contributed by atoms with van der Waals surface area (Å²) in [6, 6.07) is 6.67. The third kappa shape index (κ3) is 3.06. The quantitative estimate of drug-likeness (QED) is 0.748. The van der Waals surface area contributed by atoms with Gasteiger partial charge in [0.2, 0.25) is 0 Å². The molecule has 7 heteroatoms. The lowest BCUT2D eigenvalue weighted by Gasteiger charge is -2.26. The van der Waals surface area contributed by atoms with Crippen LogP contribution in [-0.2, 0) is 19.5 Å². The fourth-order valence-electron chi connectivity index (χ4n) is 3.10. The molecule has 1 aliphatic rings. The topological polar surface area (TPSA) is 82.6 Å². The summed E-state index contributed by atoms with van der Waals surface area (Å²) in [6.07, 6.45) is 4.38. The number of rotatable bonds is 3. The highest BCUT2D eigenvalue weighted by atomic mass is 35.5. The van der Waals surface area contributed by atoms with Crippen LogP contribution in [0.25, 0.3) is 11.3 Å². The molecule has 0 bridgehead atoms. The summed E-state index contributed by atoms with van der Waals surface area (Å²) in [5, 5.41) is 24.1. The van der Waals surface area contributed by atoms with Gasteiger partial charge < -0.3 is 14.7 Å². The smallest absolute Gasteiger partial charge is 0.175 e. The number of fused-ring (bicyclic) bond motifs is 1. The second-order valence-corrected chi connectivity index (χ2v) is 6.49. The Morgan fingerprint density at radius 1 is 1.24 bits per heavy atom. The second kappa shape index (κ2) is 6.38. The van der Waals surface area contributed by atoms with E-state index >= 15 is 0 Å². The first kappa shape index (κ1) is 15.9. The monoisotopic (exact) mass is 357 g/mol. The van der Waals surface area contributed by atoms with Gasteiger partial charge in [0.1, 0.15) is 11.5 Å². The van der Waals surface area contributed by atoms with Gasteiger partial charge >= 0.3 is 0 Å². The molecule has 0 spiro atoms. The number of nitrogens with zero attached hydrogens (tertiary/aromatic N) is 3. The van der Waals surface area contributed by atoms with Crippen LogP contribution in [0.3, 0.4) is 0 Å². The molecule has 0 atom stereocenters. The minimum Gasteiger partial charge on any atom is -0.507 e. The van der Waals surface area contributed by atoms with E-state index in [1.807, 2.05) is 18.3 Å². The first-order valence-corrected chi connectivity index (χ1v) is 8.30. The van der Waals surface area contributed by atoms with Crippen molar-refractivity contribution < 1.29 is 14.7 Å². The fraction of sp³-hybridized carbons (Fsp3) is 0.222. The van der Waals surface area contributed by atoms with Crippen molar-refractivity contribution in [3.8, 4) is 22.8 Å². The Morgan fingerprint density at radius 3 is 2.92 bits per heavy atom. The zero-order valence-corrected chi connectivity index (χ0v) is 14.1. The van der Waals surface area contributed by atoms with Crippen molar-refractivity contribution in [2.45, 2.75) is 19.5 Å².